The minimum atomic E-state index is -0.880. The molecule has 1 heterocycles. The molecule has 9 heteroatoms. The lowest BCUT2D eigenvalue weighted by Crippen LogP contribution is -2.47. The highest BCUT2D eigenvalue weighted by molar-refractivity contribution is 6.40. The van der Waals surface area contributed by atoms with Crippen molar-refractivity contribution >= 4 is 46.8 Å². The highest BCUT2D eigenvalue weighted by atomic mass is 35.5. The molecule has 7 nitrogen and oxygen atoms in total. The lowest BCUT2D eigenvalue weighted by molar-refractivity contribution is 0.0141. The fraction of sp³-hybridized carbons (Fsp3) is 0.167. The molecule has 0 aromatic heterocycles. The summed E-state index contributed by atoms with van der Waals surface area (Å²) in [6.45, 7) is 3.48. The molecule has 0 atom stereocenters. The van der Waals surface area contributed by atoms with Gasteiger partial charge in [0.05, 0.1) is 21.3 Å². The summed E-state index contributed by atoms with van der Waals surface area (Å²) in [5.41, 5.74) is -0.197. The van der Waals surface area contributed by atoms with E-state index >= 15 is 0 Å². The van der Waals surface area contributed by atoms with Gasteiger partial charge in [-0.1, -0.05) is 47.5 Å². The summed E-state index contributed by atoms with van der Waals surface area (Å²) in [6.07, 6.45) is 0. The van der Waals surface area contributed by atoms with E-state index in [0.717, 1.165) is 0 Å². The third kappa shape index (κ3) is 4.39. The Hall–Kier alpha value is -2.61. The van der Waals surface area contributed by atoms with E-state index in [1.165, 1.54) is 17.2 Å². The van der Waals surface area contributed by atoms with E-state index in [1.54, 1.807) is 32.0 Å². The number of hydrogen-bond acceptors (Lipinski definition) is 5. The number of hydroxylamine groups is 1. The first kappa shape index (κ1) is 19.2. The van der Waals surface area contributed by atoms with Crippen LogP contribution >= 0.6 is 23.2 Å². The molecule has 1 aliphatic rings. The first-order chi connectivity index (χ1) is 12.8. The molecular formula is C18H16Cl2N4O3. The number of rotatable bonds is 2. The number of halogens is 2. The third-order valence-corrected chi connectivity index (χ3v) is 4.15. The molecule has 27 heavy (non-hydrogen) atoms. The van der Waals surface area contributed by atoms with Crippen LogP contribution in [0.4, 0.5) is 10.5 Å². The molecule has 2 N–H and O–H groups in total. The molecule has 1 aliphatic heterocycles. The molecule has 2 aromatic carbocycles. The van der Waals surface area contributed by atoms with E-state index < -0.39 is 17.7 Å². The van der Waals surface area contributed by atoms with Crippen LogP contribution in [0.2, 0.25) is 10.0 Å². The van der Waals surface area contributed by atoms with Gasteiger partial charge >= 0.3 is 6.03 Å². The number of imide groups is 1. The van der Waals surface area contributed by atoms with Crippen LogP contribution < -0.4 is 15.7 Å². The number of carbonyl (C=O) groups is 2. The number of aliphatic imine (C=N–C) groups is 1. The average Bonchev–Trinajstić information content (AvgIpc) is 2.89. The van der Waals surface area contributed by atoms with E-state index in [4.69, 9.17) is 28.0 Å². The Balaban J connectivity index is 1.75. The predicted molar refractivity (Wildman–Crippen MR) is 104 cm³/mol. The van der Waals surface area contributed by atoms with Crippen LogP contribution in [0, 0.1) is 0 Å². The van der Waals surface area contributed by atoms with Gasteiger partial charge in [-0.3, -0.25) is 15.4 Å². The van der Waals surface area contributed by atoms with Gasteiger partial charge in [-0.2, -0.15) is 5.06 Å². The molecule has 3 rings (SSSR count). The van der Waals surface area contributed by atoms with E-state index in [2.05, 4.69) is 15.6 Å². The molecule has 140 valence electrons. The first-order valence-electron chi connectivity index (χ1n) is 7.97. The Kier molecular flexibility index (Phi) is 5.36. The Bertz CT molecular complexity index is 896. The second-order valence-corrected chi connectivity index (χ2v) is 6.92. The van der Waals surface area contributed by atoms with Crippen LogP contribution in [0.3, 0.4) is 0 Å². The van der Waals surface area contributed by atoms with E-state index in [-0.39, 0.29) is 21.6 Å². The third-order valence-electron chi connectivity index (χ3n) is 3.52. The number of anilines is 1. The summed E-state index contributed by atoms with van der Waals surface area (Å²) in [6, 6.07) is 12.9. The molecule has 0 radical (unpaired) electrons. The van der Waals surface area contributed by atoms with Crippen molar-refractivity contribution in [3.05, 3.63) is 64.1 Å². The van der Waals surface area contributed by atoms with Gasteiger partial charge in [0.1, 0.15) is 0 Å². The first-order valence-corrected chi connectivity index (χ1v) is 8.73. The van der Waals surface area contributed by atoms with E-state index in [1.807, 2.05) is 18.2 Å². The van der Waals surface area contributed by atoms with Crippen LogP contribution in [0.5, 0.6) is 0 Å². The van der Waals surface area contributed by atoms with Crippen molar-refractivity contribution in [1.82, 2.24) is 10.6 Å². The zero-order chi connectivity index (χ0) is 19.6. The number of urea groups is 1. The van der Waals surface area contributed by atoms with Gasteiger partial charge in [-0.15, -0.1) is 0 Å². The molecule has 0 bridgehead atoms. The van der Waals surface area contributed by atoms with Crippen LogP contribution in [-0.2, 0) is 4.84 Å². The molecule has 3 amide bonds. The molecule has 0 spiro atoms. The molecule has 2 aromatic rings. The number of nitrogens with one attached hydrogen (secondary N) is 2. The van der Waals surface area contributed by atoms with Crippen molar-refractivity contribution in [3.63, 3.8) is 0 Å². The van der Waals surface area contributed by atoms with Crippen LogP contribution in [0.1, 0.15) is 24.2 Å². The van der Waals surface area contributed by atoms with E-state index in [0.29, 0.717) is 5.69 Å². The minimum absolute atomic E-state index is 0.0147. The van der Waals surface area contributed by atoms with Crippen molar-refractivity contribution < 1.29 is 14.4 Å². The van der Waals surface area contributed by atoms with Crippen molar-refractivity contribution in [2.45, 2.75) is 19.6 Å². The van der Waals surface area contributed by atoms with Gasteiger partial charge in [0.15, 0.2) is 5.72 Å². The maximum Gasteiger partial charge on any atom is 0.328 e. The summed E-state index contributed by atoms with van der Waals surface area (Å²) >= 11 is 12.0. The van der Waals surface area contributed by atoms with Crippen LogP contribution in [-0.4, -0.2) is 23.6 Å². The summed E-state index contributed by atoms with van der Waals surface area (Å²) in [4.78, 5) is 34.7. The Labute approximate surface area is 165 Å². The largest absolute Gasteiger partial charge is 0.328 e. The molecule has 0 saturated heterocycles. The normalized spacial score (nSPS) is 15.3. The maximum absolute atomic E-state index is 12.3. The monoisotopic (exact) mass is 406 g/mol. The summed E-state index contributed by atoms with van der Waals surface area (Å²) in [5.74, 6) is -0.588. The van der Waals surface area contributed by atoms with Gasteiger partial charge < -0.3 is 0 Å². The number of carbonyl (C=O) groups excluding carboxylic acids is 2. The number of amides is 3. The van der Waals surface area contributed by atoms with Crippen molar-refractivity contribution in [3.8, 4) is 0 Å². The Morgan fingerprint density at radius 3 is 2.30 bits per heavy atom. The van der Waals surface area contributed by atoms with E-state index in [9.17, 15) is 9.59 Å². The van der Waals surface area contributed by atoms with Gasteiger partial charge in [0.25, 0.3) is 5.91 Å². The highest BCUT2D eigenvalue weighted by Gasteiger charge is 2.35. The fourth-order valence-corrected chi connectivity index (χ4v) is 2.99. The lowest BCUT2D eigenvalue weighted by atomic mass is 10.2. The fourth-order valence-electron chi connectivity index (χ4n) is 2.42. The van der Waals surface area contributed by atoms with Gasteiger partial charge in [-0.05, 0) is 38.1 Å². The van der Waals surface area contributed by atoms with Crippen molar-refractivity contribution in [2.24, 2.45) is 4.99 Å². The topological polar surface area (TPSA) is 83.0 Å². The molecule has 0 aliphatic carbocycles. The number of benzene rings is 2. The predicted octanol–water partition coefficient (Wildman–Crippen LogP) is 3.98. The molecular weight excluding hydrogens is 391 g/mol. The lowest BCUT2D eigenvalue weighted by Gasteiger charge is -2.21. The maximum atomic E-state index is 12.3. The molecule has 0 saturated carbocycles. The molecule has 0 fully saturated rings. The van der Waals surface area contributed by atoms with Gasteiger partial charge in [0.2, 0.25) is 5.96 Å². The second kappa shape index (κ2) is 7.56. The molecule has 0 unspecified atom stereocenters. The van der Waals surface area contributed by atoms with Crippen molar-refractivity contribution in [2.75, 3.05) is 5.06 Å². The summed E-state index contributed by atoms with van der Waals surface area (Å²) < 4.78 is 0. The zero-order valence-electron chi connectivity index (χ0n) is 14.5. The van der Waals surface area contributed by atoms with Gasteiger partial charge in [0, 0.05) is 0 Å². The average molecular weight is 407 g/mol. The van der Waals surface area contributed by atoms with Crippen LogP contribution in [0.15, 0.2) is 53.5 Å². The Morgan fingerprint density at radius 2 is 1.67 bits per heavy atom. The number of hydrogen-bond donors (Lipinski definition) is 2. The SMILES string of the molecule is CC1(C)N=C(NC(=O)NC(=O)c2c(Cl)cccc2Cl)N(c2ccccc2)O1. The quantitative estimate of drug-likeness (QED) is 0.789. The zero-order valence-corrected chi connectivity index (χ0v) is 16.0. The smallest absolute Gasteiger partial charge is 0.276 e. The Morgan fingerprint density at radius 1 is 1.04 bits per heavy atom. The summed E-state index contributed by atoms with van der Waals surface area (Å²) in [5, 5.41) is 6.36. The van der Waals surface area contributed by atoms with Crippen molar-refractivity contribution in [1.29, 1.82) is 0 Å². The summed E-state index contributed by atoms with van der Waals surface area (Å²) in [7, 11) is 0. The minimum Gasteiger partial charge on any atom is -0.276 e. The number of guanidine groups is 1. The highest BCUT2D eigenvalue weighted by Crippen LogP contribution is 2.27. The van der Waals surface area contributed by atoms with Gasteiger partial charge in [-0.25, -0.2) is 14.6 Å². The second-order valence-electron chi connectivity index (χ2n) is 6.11. The number of para-hydroxylation sites is 1. The number of nitrogens with zero attached hydrogens (tertiary/aromatic N) is 2. The standard InChI is InChI=1S/C18H16Cl2N4O3/c1-18(2)23-16(24(27-18)11-7-4-3-5-8-11)22-17(26)21-15(25)14-12(19)9-6-10-13(14)20/h3-10H,1-2H3,(H2,21,22,23,25,26). The van der Waals surface area contributed by atoms with Crippen LogP contribution in [0.25, 0.3) is 0 Å².